The van der Waals surface area contributed by atoms with Crippen molar-refractivity contribution in [2.24, 2.45) is 5.92 Å². The van der Waals surface area contributed by atoms with E-state index in [0.29, 0.717) is 12.0 Å². The van der Waals surface area contributed by atoms with Gasteiger partial charge in [-0.2, -0.15) is 0 Å². The standard InChI is InChI=1S/C17H21NO/c1-18-17(11-13-9-10-19-12-13)16-8-4-6-14-5-2-3-7-15(14)16/h2-8,13,17-18H,9-12H2,1H3. The van der Waals surface area contributed by atoms with Gasteiger partial charge in [-0.05, 0) is 42.1 Å². The third-order valence-corrected chi connectivity index (χ3v) is 4.14. The summed E-state index contributed by atoms with van der Waals surface area (Å²) in [5, 5.41) is 6.17. The molecule has 0 saturated carbocycles. The minimum Gasteiger partial charge on any atom is -0.381 e. The molecule has 0 radical (unpaired) electrons. The van der Waals surface area contributed by atoms with Crippen LogP contribution in [0.15, 0.2) is 42.5 Å². The SMILES string of the molecule is CNC(CC1CCOC1)c1cccc2ccccc12. The average Bonchev–Trinajstić information content (AvgIpc) is 2.97. The molecule has 3 rings (SSSR count). The summed E-state index contributed by atoms with van der Waals surface area (Å²) in [6.07, 6.45) is 2.35. The maximum atomic E-state index is 5.50. The van der Waals surface area contributed by atoms with Crippen molar-refractivity contribution in [2.45, 2.75) is 18.9 Å². The molecule has 2 aromatic rings. The zero-order valence-electron chi connectivity index (χ0n) is 11.4. The van der Waals surface area contributed by atoms with Crippen molar-refractivity contribution in [1.29, 1.82) is 0 Å². The highest BCUT2D eigenvalue weighted by Crippen LogP contribution is 2.30. The zero-order chi connectivity index (χ0) is 13.1. The van der Waals surface area contributed by atoms with E-state index in [4.69, 9.17) is 4.74 Å². The lowest BCUT2D eigenvalue weighted by atomic mass is 9.91. The van der Waals surface area contributed by atoms with Gasteiger partial charge < -0.3 is 10.1 Å². The van der Waals surface area contributed by atoms with E-state index in [-0.39, 0.29) is 0 Å². The van der Waals surface area contributed by atoms with E-state index in [2.05, 4.69) is 54.8 Å². The normalized spacial score (nSPS) is 20.8. The van der Waals surface area contributed by atoms with Crippen molar-refractivity contribution in [1.82, 2.24) is 5.32 Å². The molecule has 1 N–H and O–H groups in total. The summed E-state index contributed by atoms with van der Waals surface area (Å²) in [5.41, 5.74) is 1.41. The molecule has 1 aliphatic heterocycles. The minimum atomic E-state index is 0.415. The molecule has 0 aliphatic carbocycles. The summed E-state index contributed by atoms with van der Waals surface area (Å²) >= 11 is 0. The fourth-order valence-electron chi connectivity index (χ4n) is 3.06. The number of fused-ring (bicyclic) bond motifs is 1. The molecule has 1 heterocycles. The monoisotopic (exact) mass is 255 g/mol. The topological polar surface area (TPSA) is 21.3 Å². The van der Waals surface area contributed by atoms with Crippen LogP contribution in [-0.4, -0.2) is 20.3 Å². The zero-order valence-corrected chi connectivity index (χ0v) is 11.4. The van der Waals surface area contributed by atoms with Crippen molar-refractivity contribution in [2.75, 3.05) is 20.3 Å². The second kappa shape index (κ2) is 5.72. The molecule has 2 aromatic carbocycles. The Hall–Kier alpha value is -1.38. The quantitative estimate of drug-likeness (QED) is 0.902. The number of hydrogen-bond acceptors (Lipinski definition) is 2. The van der Waals surface area contributed by atoms with Crippen LogP contribution in [0.25, 0.3) is 10.8 Å². The molecular weight excluding hydrogens is 234 g/mol. The number of benzene rings is 2. The lowest BCUT2D eigenvalue weighted by molar-refractivity contribution is 0.182. The summed E-state index contributed by atoms with van der Waals surface area (Å²) < 4.78 is 5.50. The van der Waals surface area contributed by atoms with Gasteiger partial charge in [0.15, 0.2) is 0 Å². The fraction of sp³-hybridized carbons (Fsp3) is 0.412. The Kier molecular flexibility index (Phi) is 3.81. The Morgan fingerprint density at radius 1 is 1.21 bits per heavy atom. The Morgan fingerprint density at radius 3 is 2.84 bits per heavy atom. The largest absolute Gasteiger partial charge is 0.381 e. The molecule has 1 aliphatic rings. The second-order valence-electron chi connectivity index (χ2n) is 5.37. The van der Waals surface area contributed by atoms with Gasteiger partial charge in [-0.25, -0.2) is 0 Å². The molecular formula is C17H21NO. The van der Waals surface area contributed by atoms with Crippen molar-refractivity contribution >= 4 is 10.8 Å². The first-order valence-electron chi connectivity index (χ1n) is 7.11. The van der Waals surface area contributed by atoms with Crippen LogP contribution < -0.4 is 5.32 Å². The fourth-order valence-corrected chi connectivity index (χ4v) is 3.06. The van der Waals surface area contributed by atoms with Crippen LogP contribution in [0.5, 0.6) is 0 Å². The molecule has 1 fully saturated rings. The number of nitrogens with one attached hydrogen (secondary N) is 1. The van der Waals surface area contributed by atoms with Gasteiger partial charge in [-0.3, -0.25) is 0 Å². The van der Waals surface area contributed by atoms with Gasteiger partial charge in [0.05, 0.1) is 0 Å². The van der Waals surface area contributed by atoms with Crippen molar-refractivity contribution < 1.29 is 4.74 Å². The molecule has 1 saturated heterocycles. The molecule has 19 heavy (non-hydrogen) atoms. The van der Waals surface area contributed by atoms with E-state index in [0.717, 1.165) is 19.6 Å². The van der Waals surface area contributed by atoms with Crippen LogP contribution in [0.1, 0.15) is 24.4 Å². The van der Waals surface area contributed by atoms with Gasteiger partial charge in [0.2, 0.25) is 0 Å². The predicted octanol–water partition coefficient (Wildman–Crippen LogP) is 3.53. The predicted molar refractivity (Wildman–Crippen MR) is 79.3 cm³/mol. The molecule has 0 spiro atoms. The highest BCUT2D eigenvalue weighted by atomic mass is 16.5. The summed E-state index contributed by atoms with van der Waals surface area (Å²) in [4.78, 5) is 0. The molecule has 0 bridgehead atoms. The van der Waals surface area contributed by atoms with Gasteiger partial charge in [-0.1, -0.05) is 42.5 Å². The van der Waals surface area contributed by atoms with E-state index in [1.165, 1.54) is 22.8 Å². The first-order chi connectivity index (χ1) is 9.38. The lowest BCUT2D eigenvalue weighted by Crippen LogP contribution is -2.20. The molecule has 2 heteroatoms. The maximum Gasteiger partial charge on any atom is 0.0495 e. The third-order valence-electron chi connectivity index (χ3n) is 4.14. The van der Waals surface area contributed by atoms with E-state index in [1.807, 2.05) is 0 Å². The van der Waals surface area contributed by atoms with Gasteiger partial charge in [0.25, 0.3) is 0 Å². The number of hydrogen-bond donors (Lipinski definition) is 1. The summed E-state index contributed by atoms with van der Waals surface area (Å²) in [6, 6.07) is 15.6. The molecule has 0 amide bonds. The molecule has 0 aromatic heterocycles. The minimum absolute atomic E-state index is 0.415. The Balaban J connectivity index is 1.91. The third kappa shape index (κ3) is 2.65. The van der Waals surface area contributed by atoms with E-state index in [9.17, 15) is 0 Å². The van der Waals surface area contributed by atoms with E-state index >= 15 is 0 Å². The Bertz CT molecular complexity index is 540. The van der Waals surface area contributed by atoms with Crippen LogP contribution in [0.3, 0.4) is 0 Å². The highest BCUT2D eigenvalue weighted by molar-refractivity contribution is 5.86. The van der Waals surface area contributed by atoms with Gasteiger partial charge in [0.1, 0.15) is 0 Å². The first-order valence-corrected chi connectivity index (χ1v) is 7.11. The van der Waals surface area contributed by atoms with Gasteiger partial charge in [-0.15, -0.1) is 0 Å². The molecule has 2 atom stereocenters. The molecule has 2 unspecified atom stereocenters. The van der Waals surface area contributed by atoms with Crippen molar-refractivity contribution in [3.05, 3.63) is 48.0 Å². The maximum absolute atomic E-state index is 5.50. The second-order valence-corrected chi connectivity index (χ2v) is 5.37. The van der Waals surface area contributed by atoms with Gasteiger partial charge in [0, 0.05) is 19.3 Å². The summed E-state index contributed by atoms with van der Waals surface area (Å²) in [7, 11) is 2.06. The summed E-state index contributed by atoms with van der Waals surface area (Å²) in [5.74, 6) is 0.691. The lowest BCUT2D eigenvalue weighted by Gasteiger charge is -2.21. The van der Waals surface area contributed by atoms with Crippen molar-refractivity contribution in [3.63, 3.8) is 0 Å². The van der Waals surface area contributed by atoms with Crippen LogP contribution in [0, 0.1) is 5.92 Å². The van der Waals surface area contributed by atoms with Crippen molar-refractivity contribution in [3.8, 4) is 0 Å². The summed E-state index contributed by atoms with van der Waals surface area (Å²) in [6.45, 7) is 1.85. The van der Waals surface area contributed by atoms with Gasteiger partial charge >= 0.3 is 0 Å². The van der Waals surface area contributed by atoms with Crippen LogP contribution in [0.2, 0.25) is 0 Å². The van der Waals surface area contributed by atoms with E-state index < -0.39 is 0 Å². The number of rotatable bonds is 4. The molecule has 2 nitrogen and oxygen atoms in total. The average molecular weight is 255 g/mol. The van der Waals surface area contributed by atoms with Crippen LogP contribution in [0.4, 0.5) is 0 Å². The first kappa shape index (κ1) is 12.6. The van der Waals surface area contributed by atoms with Crippen LogP contribution >= 0.6 is 0 Å². The Labute approximate surface area is 114 Å². The number of ether oxygens (including phenoxy) is 1. The van der Waals surface area contributed by atoms with Crippen LogP contribution in [-0.2, 0) is 4.74 Å². The highest BCUT2D eigenvalue weighted by Gasteiger charge is 2.21. The Morgan fingerprint density at radius 2 is 2.05 bits per heavy atom. The van der Waals surface area contributed by atoms with E-state index in [1.54, 1.807) is 0 Å². The smallest absolute Gasteiger partial charge is 0.0495 e. The molecule has 100 valence electrons.